The van der Waals surface area contributed by atoms with Crippen molar-refractivity contribution in [3.63, 3.8) is 0 Å². The lowest BCUT2D eigenvalue weighted by Crippen LogP contribution is -2.50. The Morgan fingerprint density at radius 3 is 2.15 bits per heavy atom. The SMILES string of the molecule is COC1(C(N)Cc2cc(F)cc(F)c2)CCCCCC1. The van der Waals surface area contributed by atoms with E-state index >= 15 is 0 Å². The molecular weight excluding hydrogens is 260 g/mol. The Labute approximate surface area is 119 Å². The van der Waals surface area contributed by atoms with E-state index in [1.165, 1.54) is 25.0 Å². The summed E-state index contributed by atoms with van der Waals surface area (Å²) in [5.74, 6) is -1.11. The molecule has 1 atom stereocenters. The highest BCUT2D eigenvalue weighted by molar-refractivity contribution is 5.20. The van der Waals surface area contributed by atoms with Gasteiger partial charge in [-0.3, -0.25) is 0 Å². The molecule has 0 saturated heterocycles. The molecule has 0 heterocycles. The van der Waals surface area contributed by atoms with Crippen LogP contribution in [0.3, 0.4) is 0 Å². The third-order valence-electron chi connectivity index (χ3n) is 4.41. The van der Waals surface area contributed by atoms with Crippen molar-refractivity contribution in [2.45, 2.75) is 56.6 Å². The van der Waals surface area contributed by atoms with Crippen LogP contribution >= 0.6 is 0 Å². The van der Waals surface area contributed by atoms with E-state index < -0.39 is 11.6 Å². The summed E-state index contributed by atoms with van der Waals surface area (Å²) in [4.78, 5) is 0. The topological polar surface area (TPSA) is 35.2 Å². The number of hydrogen-bond acceptors (Lipinski definition) is 2. The van der Waals surface area contributed by atoms with Crippen LogP contribution < -0.4 is 5.73 Å². The van der Waals surface area contributed by atoms with Crippen LogP contribution in [0.2, 0.25) is 0 Å². The van der Waals surface area contributed by atoms with Crippen molar-refractivity contribution in [3.05, 3.63) is 35.4 Å². The first-order valence-electron chi connectivity index (χ1n) is 7.31. The third-order valence-corrected chi connectivity index (χ3v) is 4.41. The number of halogens is 2. The molecule has 0 aliphatic heterocycles. The van der Waals surface area contributed by atoms with Gasteiger partial charge in [-0.25, -0.2) is 8.78 Å². The van der Waals surface area contributed by atoms with E-state index in [1.54, 1.807) is 7.11 Å². The molecule has 2 N–H and O–H groups in total. The van der Waals surface area contributed by atoms with Gasteiger partial charge < -0.3 is 10.5 Å². The van der Waals surface area contributed by atoms with Gasteiger partial charge in [0.15, 0.2) is 0 Å². The molecule has 1 unspecified atom stereocenters. The van der Waals surface area contributed by atoms with Gasteiger partial charge in [0.25, 0.3) is 0 Å². The zero-order valence-corrected chi connectivity index (χ0v) is 12.0. The average molecular weight is 283 g/mol. The van der Waals surface area contributed by atoms with Crippen LogP contribution in [0.15, 0.2) is 18.2 Å². The first kappa shape index (κ1) is 15.4. The third kappa shape index (κ3) is 3.55. The van der Waals surface area contributed by atoms with Crippen LogP contribution in [0.25, 0.3) is 0 Å². The molecule has 112 valence electrons. The maximum Gasteiger partial charge on any atom is 0.126 e. The van der Waals surface area contributed by atoms with E-state index in [9.17, 15) is 8.78 Å². The molecule has 0 aromatic heterocycles. The first-order chi connectivity index (χ1) is 9.55. The minimum Gasteiger partial charge on any atom is -0.377 e. The van der Waals surface area contributed by atoms with Crippen molar-refractivity contribution in [2.24, 2.45) is 5.73 Å². The van der Waals surface area contributed by atoms with Crippen LogP contribution in [0.1, 0.15) is 44.1 Å². The molecule has 1 aliphatic rings. The number of rotatable bonds is 4. The smallest absolute Gasteiger partial charge is 0.126 e. The summed E-state index contributed by atoms with van der Waals surface area (Å²) < 4.78 is 32.2. The van der Waals surface area contributed by atoms with Gasteiger partial charge in [-0.15, -0.1) is 0 Å². The maximum absolute atomic E-state index is 13.3. The van der Waals surface area contributed by atoms with Crippen molar-refractivity contribution in [1.29, 1.82) is 0 Å². The zero-order chi connectivity index (χ0) is 14.6. The number of methoxy groups -OCH3 is 1. The Bertz CT molecular complexity index is 422. The molecule has 0 spiro atoms. The Kier molecular flexibility index (Phi) is 5.11. The van der Waals surface area contributed by atoms with Crippen LogP contribution in [0, 0.1) is 11.6 Å². The Morgan fingerprint density at radius 2 is 1.65 bits per heavy atom. The molecule has 0 radical (unpaired) electrons. The molecule has 1 saturated carbocycles. The predicted octanol–water partition coefficient (Wildman–Crippen LogP) is 3.57. The van der Waals surface area contributed by atoms with E-state index in [-0.39, 0.29) is 11.6 Å². The quantitative estimate of drug-likeness (QED) is 0.857. The average Bonchev–Trinajstić information content (AvgIpc) is 2.63. The number of hydrogen-bond donors (Lipinski definition) is 1. The highest BCUT2D eigenvalue weighted by Crippen LogP contribution is 2.33. The number of ether oxygens (including phenoxy) is 1. The lowest BCUT2D eigenvalue weighted by Gasteiger charge is -2.37. The van der Waals surface area contributed by atoms with Gasteiger partial charge in [0, 0.05) is 19.2 Å². The van der Waals surface area contributed by atoms with Crippen molar-refractivity contribution in [1.82, 2.24) is 0 Å². The summed E-state index contributed by atoms with van der Waals surface area (Å²) in [5.41, 5.74) is 6.56. The monoisotopic (exact) mass is 283 g/mol. The fraction of sp³-hybridized carbons (Fsp3) is 0.625. The molecule has 0 amide bonds. The molecule has 1 aromatic rings. The van der Waals surface area contributed by atoms with Gasteiger partial charge in [-0.05, 0) is 37.0 Å². The van der Waals surface area contributed by atoms with Gasteiger partial charge in [0.1, 0.15) is 11.6 Å². The lowest BCUT2D eigenvalue weighted by atomic mass is 9.83. The summed E-state index contributed by atoms with van der Waals surface area (Å²) in [5, 5.41) is 0. The van der Waals surface area contributed by atoms with Gasteiger partial charge >= 0.3 is 0 Å². The Morgan fingerprint density at radius 1 is 1.10 bits per heavy atom. The summed E-state index contributed by atoms with van der Waals surface area (Å²) in [7, 11) is 1.69. The highest BCUT2D eigenvalue weighted by Gasteiger charge is 2.37. The van der Waals surface area contributed by atoms with Crippen molar-refractivity contribution in [3.8, 4) is 0 Å². The summed E-state index contributed by atoms with van der Waals surface area (Å²) in [6.45, 7) is 0. The van der Waals surface area contributed by atoms with Crippen LogP contribution in [-0.4, -0.2) is 18.8 Å². The predicted molar refractivity (Wildman–Crippen MR) is 75.5 cm³/mol. The molecule has 1 aliphatic carbocycles. The standard InChI is InChI=1S/C16H23F2NO/c1-20-16(6-4-2-3-5-7-16)15(19)10-12-8-13(17)11-14(18)9-12/h8-9,11,15H,2-7,10,19H2,1H3. The van der Waals surface area contributed by atoms with E-state index in [0.29, 0.717) is 12.0 Å². The zero-order valence-electron chi connectivity index (χ0n) is 12.0. The molecular formula is C16H23F2NO. The Hall–Kier alpha value is -1.00. The van der Waals surface area contributed by atoms with Crippen LogP contribution in [0.4, 0.5) is 8.78 Å². The van der Waals surface area contributed by atoms with E-state index in [4.69, 9.17) is 10.5 Å². The Balaban J connectivity index is 2.13. The summed E-state index contributed by atoms with van der Waals surface area (Å²) in [6, 6.07) is 3.34. The van der Waals surface area contributed by atoms with Gasteiger partial charge in [0.2, 0.25) is 0 Å². The van der Waals surface area contributed by atoms with E-state index in [2.05, 4.69) is 0 Å². The van der Waals surface area contributed by atoms with Gasteiger partial charge in [0.05, 0.1) is 5.60 Å². The summed E-state index contributed by atoms with van der Waals surface area (Å²) in [6.07, 6.45) is 6.87. The van der Waals surface area contributed by atoms with Crippen molar-refractivity contribution < 1.29 is 13.5 Å². The second-order valence-corrected chi connectivity index (χ2v) is 5.77. The fourth-order valence-electron chi connectivity index (χ4n) is 3.22. The normalized spacial score (nSPS) is 20.4. The number of nitrogens with two attached hydrogens (primary N) is 1. The second-order valence-electron chi connectivity index (χ2n) is 5.77. The van der Waals surface area contributed by atoms with E-state index in [0.717, 1.165) is 31.7 Å². The lowest BCUT2D eigenvalue weighted by molar-refractivity contribution is -0.0430. The minimum absolute atomic E-state index is 0.244. The fourth-order valence-corrected chi connectivity index (χ4v) is 3.22. The minimum atomic E-state index is -0.556. The second kappa shape index (κ2) is 6.64. The maximum atomic E-state index is 13.3. The molecule has 2 nitrogen and oxygen atoms in total. The molecule has 2 rings (SSSR count). The summed E-state index contributed by atoms with van der Waals surface area (Å²) >= 11 is 0. The molecule has 1 fully saturated rings. The van der Waals surface area contributed by atoms with Crippen molar-refractivity contribution >= 4 is 0 Å². The van der Waals surface area contributed by atoms with Crippen LogP contribution in [0.5, 0.6) is 0 Å². The highest BCUT2D eigenvalue weighted by atomic mass is 19.1. The van der Waals surface area contributed by atoms with E-state index in [1.807, 2.05) is 0 Å². The molecule has 4 heteroatoms. The first-order valence-corrected chi connectivity index (χ1v) is 7.31. The van der Waals surface area contributed by atoms with Crippen LogP contribution in [-0.2, 0) is 11.2 Å². The van der Waals surface area contributed by atoms with Crippen molar-refractivity contribution in [2.75, 3.05) is 7.11 Å². The van der Waals surface area contributed by atoms with Gasteiger partial charge in [-0.1, -0.05) is 25.7 Å². The van der Waals surface area contributed by atoms with Gasteiger partial charge in [-0.2, -0.15) is 0 Å². The molecule has 1 aromatic carbocycles. The molecule has 20 heavy (non-hydrogen) atoms. The molecule has 0 bridgehead atoms. The largest absolute Gasteiger partial charge is 0.377 e. The number of benzene rings is 1.